The van der Waals surface area contributed by atoms with E-state index >= 15 is 0 Å². The summed E-state index contributed by atoms with van der Waals surface area (Å²) in [5, 5.41) is 8.42. The molecular weight excluding hydrogens is 168 g/mol. The van der Waals surface area contributed by atoms with Crippen molar-refractivity contribution in [3.05, 3.63) is 0 Å². The molecule has 0 aliphatic heterocycles. The molecule has 0 atom stereocenters. The minimum Gasteiger partial charge on any atom is -0.480 e. The van der Waals surface area contributed by atoms with Crippen LogP contribution in [-0.2, 0) is 9.53 Å². The van der Waals surface area contributed by atoms with Gasteiger partial charge in [-0.1, -0.05) is 13.8 Å². The van der Waals surface area contributed by atoms with Crippen molar-refractivity contribution in [2.45, 2.75) is 45.6 Å². The molecule has 0 radical (unpaired) electrons. The third-order valence-corrected chi connectivity index (χ3v) is 2.73. The first-order valence-corrected chi connectivity index (χ1v) is 4.83. The highest BCUT2D eigenvalue weighted by atomic mass is 16.5. The van der Waals surface area contributed by atoms with E-state index < -0.39 is 5.97 Å². The molecule has 0 aromatic carbocycles. The second kappa shape index (κ2) is 4.09. The third-order valence-electron chi connectivity index (χ3n) is 2.73. The van der Waals surface area contributed by atoms with Crippen molar-refractivity contribution < 1.29 is 14.6 Å². The molecule has 1 N–H and O–H groups in total. The first-order valence-electron chi connectivity index (χ1n) is 4.83. The number of aliphatic carboxylic acids is 1. The van der Waals surface area contributed by atoms with Gasteiger partial charge in [0, 0.05) is 0 Å². The van der Waals surface area contributed by atoms with E-state index in [1.165, 1.54) is 0 Å². The van der Waals surface area contributed by atoms with Crippen molar-refractivity contribution in [2.24, 2.45) is 5.41 Å². The van der Waals surface area contributed by atoms with Crippen molar-refractivity contribution in [3.8, 4) is 0 Å². The van der Waals surface area contributed by atoms with Gasteiger partial charge >= 0.3 is 5.97 Å². The van der Waals surface area contributed by atoms with Gasteiger partial charge in [0.1, 0.15) is 6.61 Å². The molecule has 76 valence electrons. The van der Waals surface area contributed by atoms with Gasteiger partial charge in [0.15, 0.2) is 0 Å². The minimum absolute atomic E-state index is 0.148. The Balaban J connectivity index is 2.21. The van der Waals surface area contributed by atoms with Crippen LogP contribution in [0.3, 0.4) is 0 Å². The Bertz CT molecular complexity index is 177. The van der Waals surface area contributed by atoms with Crippen LogP contribution >= 0.6 is 0 Å². The maximum absolute atomic E-state index is 10.2. The molecule has 0 spiro atoms. The van der Waals surface area contributed by atoms with Gasteiger partial charge in [0.2, 0.25) is 0 Å². The number of carbonyl (C=O) groups is 1. The Labute approximate surface area is 79.1 Å². The molecule has 3 heteroatoms. The first kappa shape index (κ1) is 10.5. The molecule has 1 fully saturated rings. The van der Waals surface area contributed by atoms with Crippen molar-refractivity contribution in [3.63, 3.8) is 0 Å². The van der Waals surface area contributed by atoms with Gasteiger partial charge in [-0.15, -0.1) is 0 Å². The molecule has 0 bridgehead atoms. The van der Waals surface area contributed by atoms with E-state index in [4.69, 9.17) is 9.84 Å². The third kappa shape index (κ3) is 3.77. The molecule has 13 heavy (non-hydrogen) atoms. The summed E-state index contributed by atoms with van der Waals surface area (Å²) in [6.07, 6.45) is 4.44. The Morgan fingerprint density at radius 2 is 2.00 bits per heavy atom. The van der Waals surface area contributed by atoms with Crippen LogP contribution in [0.2, 0.25) is 0 Å². The van der Waals surface area contributed by atoms with E-state index in [1.807, 2.05) is 0 Å². The molecular formula is C10H18O3. The predicted octanol–water partition coefficient (Wildman–Crippen LogP) is 2.06. The molecule has 1 saturated carbocycles. The minimum atomic E-state index is -0.871. The lowest BCUT2D eigenvalue weighted by molar-refractivity contribution is -0.145. The van der Waals surface area contributed by atoms with E-state index in [0.717, 1.165) is 25.7 Å². The zero-order valence-electron chi connectivity index (χ0n) is 8.38. The van der Waals surface area contributed by atoms with Gasteiger partial charge in [0.25, 0.3) is 0 Å². The van der Waals surface area contributed by atoms with Gasteiger partial charge < -0.3 is 9.84 Å². The fourth-order valence-electron chi connectivity index (χ4n) is 1.73. The fourth-order valence-corrected chi connectivity index (χ4v) is 1.73. The van der Waals surface area contributed by atoms with Crippen molar-refractivity contribution in [2.75, 3.05) is 6.61 Å². The van der Waals surface area contributed by atoms with Crippen LogP contribution in [0.25, 0.3) is 0 Å². The number of rotatable bonds is 3. The van der Waals surface area contributed by atoms with E-state index in [-0.39, 0.29) is 12.7 Å². The van der Waals surface area contributed by atoms with Gasteiger partial charge in [-0.2, -0.15) is 0 Å². The van der Waals surface area contributed by atoms with Crippen LogP contribution in [-0.4, -0.2) is 23.8 Å². The number of hydrogen-bond acceptors (Lipinski definition) is 2. The van der Waals surface area contributed by atoms with Crippen LogP contribution in [0.15, 0.2) is 0 Å². The maximum Gasteiger partial charge on any atom is 0.329 e. The first-order chi connectivity index (χ1) is 5.99. The van der Waals surface area contributed by atoms with Gasteiger partial charge in [-0.05, 0) is 31.1 Å². The summed E-state index contributed by atoms with van der Waals surface area (Å²) in [5.41, 5.74) is 0.420. The summed E-state index contributed by atoms with van der Waals surface area (Å²) in [5.74, 6) is -0.871. The van der Waals surface area contributed by atoms with E-state index in [9.17, 15) is 4.79 Å². The Morgan fingerprint density at radius 3 is 2.46 bits per heavy atom. The maximum atomic E-state index is 10.2. The fraction of sp³-hybridized carbons (Fsp3) is 0.900. The molecule has 1 aliphatic rings. The van der Waals surface area contributed by atoms with Gasteiger partial charge in [-0.25, -0.2) is 4.79 Å². The zero-order chi connectivity index (χ0) is 9.90. The number of carboxylic acid groups (broad SMARTS) is 1. The molecule has 0 amide bonds. The van der Waals surface area contributed by atoms with E-state index in [2.05, 4.69) is 13.8 Å². The lowest BCUT2D eigenvalue weighted by Crippen LogP contribution is -2.27. The molecule has 1 rings (SSSR count). The molecule has 0 unspecified atom stereocenters. The summed E-state index contributed by atoms with van der Waals surface area (Å²) in [6.45, 7) is 4.35. The molecule has 1 aliphatic carbocycles. The van der Waals surface area contributed by atoms with Crippen molar-refractivity contribution >= 4 is 5.97 Å². The highest BCUT2D eigenvalue weighted by molar-refractivity contribution is 5.68. The monoisotopic (exact) mass is 186 g/mol. The molecule has 0 heterocycles. The van der Waals surface area contributed by atoms with Crippen LogP contribution in [0.1, 0.15) is 39.5 Å². The number of hydrogen-bond donors (Lipinski definition) is 1. The number of carboxylic acids is 1. The van der Waals surface area contributed by atoms with E-state index in [0.29, 0.717) is 5.41 Å². The Hall–Kier alpha value is -0.570. The summed E-state index contributed by atoms with van der Waals surface area (Å²) in [7, 11) is 0. The Kier molecular flexibility index (Phi) is 3.31. The van der Waals surface area contributed by atoms with Crippen molar-refractivity contribution in [1.82, 2.24) is 0 Å². The average molecular weight is 186 g/mol. The molecule has 3 nitrogen and oxygen atoms in total. The molecule has 0 saturated heterocycles. The predicted molar refractivity (Wildman–Crippen MR) is 49.6 cm³/mol. The van der Waals surface area contributed by atoms with Crippen LogP contribution in [0, 0.1) is 5.41 Å². The summed E-state index contributed by atoms with van der Waals surface area (Å²) in [4.78, 5) is 10.2. The normalized spacial score (nSPS) is 22.9. The quantitative estimate of drug-likeness (QED) is 0.733. The van der Waals surface area contributed by atoms with Gasteiger partial charge in [0.05, 0.1) is 6.10 Å². The second-order valence-corrected chi connectivity index (χ2v) is 4.57. The topological polar surface area (TPSA) is 46.5 Å². The molecule has 0 aromatic heterocycles. The summed E-state index contributed by atoms with van der Waals surface area (Å²) < 4.78 is 5.24. The molecule has 0 aromatic rings. The van der Waals surface area contributed by atoms with Crippen LogP contribution in [0.5, 0.6) is 0 Å². The largest absolute Gasteiger partial charge is 0.480 e. The highest BCUT2D eigenvalue weighted by Gasteiger charge is 2.27. The number of ether oxygens (including phenoxy) is 1. The van der Waals surface area contributed by atoms with Crippen molar-refractivity contribution in [1.29, 1.82) is 0 Å². The average Bonchev–Trinajstić information content (AvgIpc) is 2.02. The van der Waals surface area contributed by atoms with Crippen LogP contribution in [0.4, 0.5) is 0 Å². The highest BCUT2D eigenvalue weighted by Crippen LogP contribution is 2.35. The SMILES string of the molecule is CC1(C)CCC(OCC(=O)O)CC1. The van der Waals surface area contributed by atoms with Crippen LogP contribution < -0.4 is 0 Å². The standard InChI is InChI=1S/C10H18O3/c1-10(2)5-3-8(4-6-10)13-7-9(11)12/h8H,3-7H2,1-2H3,(H,11,12). The second-order valence-electron chi connectivity index (χ2n) is 4.57. The lowest BCUT2D eigenvalue weighted by Gasteiger charge is -2.33. The Morgan fingerprint density at radius 1 is 1.46 bits per heavy atom. The summed E-state index contributed by atoms with van der Waals surface area (Å²) >= 11 is 0. The van der Waals surface area contributed by atoms with Gasteiger partial charge in [-0.3, -0.25) is 0 Å². The zero-order valence-corrected chi connectivity index (χ0v) is 8.38. The smallest absolute Gasteiger partial charge is 0.329 e. The van der Waals surface area contributed by atoms with E-state index in [1.54, 1.807) is 0 Å². The lowest BCUT2D eigenvalue weighted by atomic mass is 9.76. The summed E-state index contributed by atoms with van der Waals surface area (Å²) in [6, 6.07) is 0.